The normalized spacial score (nSPS) is 12.0. The molecule has 29 heavy (non-hydrogen) atoms. The summed E-state index contributed by atoms with van der Waals surface area (Å²) in [5, 5.41) is 11.5. The SMILES string of the molecule is COc1ccc(-c2nnc(SCC(=O)NCc3ccc4c(c3)OCO4)n2N)cc1. The number of hydrogen-bond acceptors (Lipinski definition) is 8. The molecule has 1 aliphatic rings. The van der Waals surface area contributed by atoms with E-state index in [0.29, 0.717) is 29.0 Å². The summed E-state index contributed by atoms with van der Waals surface area (Å²) in [6.07, 6.45) is 0. The highest BCUT2D eigenvalue weighted by Gasteiger charge is 2.15. The number of methoxy groups -OCH3 is 1. The molecule has 2 aromatic carbocycles. The number of fused-ring (bicyclic) bond motifs is 1. The number of nitrogen functional groups attached to an aromatic ring is 1. The molecule has 0 saturated carbocycles. The van der Waals surface area contributed by atoms with Crippen LogP contribution in [0, 0.1) is 0 Å². The zero-order valence-corrected chi connectivity index (χ0v) is 16.4. The molecule has 0 radical (unpaired) electrons. The second kappa shape index (κ2) is 8.31. The molecule has 1 aromatic heterocycles. The number of amides is 1. The maximum absolute atomic E-state index is 12.2. The molecule has 1 aliphatic heterocycles. The minimum Gasteiger partial charge on any atom is -0.497 e. The van der Waals surface area contributed by atoms with E-state index in [1.54, 1.807) is 7.11 Å². The lowest BCUT2D eigenvalue weighted by molar-refractivity contribution is -0.118. The Kier molecular flexibility index (Phi) is 5.43. The van der Waals surface area contributed by atoms with Crippen LogP contribution in [0.2, 0.25) is 0 Å². The zero-order chi connectivity index (χ0) is 20.2. The summed E-state index contributed by atoms with van der Waals surface area (Å²) in [6, 6.07) is 12.9. The van der Waals surface area contributed by atoms with E-state index in [0.717, 1.165) is 16.9 Å². The molecule has 9 nitrogen and oxygen atoms in total. The van der Waals surface area contributed by atoms with E-state index in [9.17, 15) is 4.79 Å². The van der Waals surface area contributed by atoms with Crippen LogP contribution < -0.4 is 25.4 Å². The van der Waals surface area contributed by atoms with Gasteiger partial charge < -0.3 is 25.4 Å². The molecule has 3 N–H and O–H groups in total. The molecule has 10 heteroatoms. The monoisotopic (exact) mass is 413 g/mol. The Morgan fingerprint density at radius 2 is 2.00 bits per heavy atom. The fraction of sp³-hybridized carbons (Fsp3) is 0.211. The summed E-state index contributed by atoms with van der Waals surface area (Å²) in [7, 11) is 1.60. The number of nitrogens with one attached hydrogen (secondary N) is 1. The molecule has 0 spiro atoms. The maximum atomic E-state index is 12.2. The summed E-state index contributed by atoms with van der Waals surface area (Å²) < 4.78 is 17.1. The van der Waals surface area contributed by atoms with Crippen LogP contribution in [0.25, 0.3) is 11.4 Å². The van der Waals surface area contributed by atoms with Gasteiger partial charge in [-0.25, -0.2) is 4.68 Å². The Morgan fingerprint density at radius 3 is 2.79 bits per heavy atom. The zero-order valence-electron chi connectivity index (χ0n) is 15.6. The number of thioether (sulfide) groups is 1. The number of benzene rings is 2. The van der Waals surface area contributed by atoms with Crippen molar-refractivity contribution in [3.8, 4) is 28.6 Å². The first kappa shape index (κ1) is 18.9. The van der Waals surface area contributed by atoms with Gasteiger partial charge >= 0.3 is 0 Å². The van der Waals surface area contributed by atoms with Crippen LogP contribution in [0.5, 0.6) is 17.2 Å². The van der Waals surface area contributed by atoms with E-state index in [1.807, 2.05) is 42.5 Å². The molecule has 0 atom stereocenters. The van der Waals surface area contributed by atoms with Gasteiger partial charge in [-0.15, -0.1) is 10.2 Å². The van der Waals surface area contributed by atoms with E-state index in [-0.39, 0.29) is 18.5 Å². The van der Waals surface area contributed by atoms with Gasteiger partial charge in [0.1, 0.15) is 5.75 Å². The second-order valence-corrected chi connectivity index (χ2v) is 7.10. The lowest BCUT2D eigenvalue weighted by Crippen LogP contribution is -2.25. The Balaban J connectivity index is 1.31. The quantitative estimate of drug-likeness (QED) is 0.445. The van der Waals surface area contributed by atoms with Gasteiger partial charge in [0, 0.05) is 12.1 Å². The van der Waals surface area contributed by atoms with Crippen LogP contribution in [-0.4, -0.2) is 40.4 Å². The highest BCUT2D eigenvalue weighted by Crippen LogP contribution is 2.32. The Bertz CT molecular complexity index is 1020. The summed E-state index contributed by atoms with van der Waals surface area (Å²) in [5.41, 5.74) is 1.73. The van der Waals surface area contributed by atoms with E-state index >= 15 is 0 Å². The maximum Gasteiger partial charge on any atom is 0.231 e. The third-order valence-electron chi connectivity index (χ3n) is 4.27. The summed E-state index contributed by atoms with van der Waals surface area (Å²) in [6.45, 7) is 0.614. The number of nitrogens with zero attached hydrogens (tertiary/aromatic N) is 3. The molecule has 0 saturated heterocycles. The topological polar surface area (TPSA) is 114 Å². The average Bonchev–Trinajstić information content (AvgIpc) is 3.36. The van der Waals surface area contributed by atoms with E-state index in [1.165, 1.54) is 16.4 Å². The van der Waals surface area contributed by atoms with Gasteiger partial charge in [0.2, 0.25) is 17.9 Å². The smallest absolute Gasteiger partial charge is 0.231 e. The van der Waals surface area contributed by atoms with Crippen LogP contribution >= 0.6 is 11.8 Å². The number of ether oxygens (including phenoxy) is 3. The molecule has 0 bridgehead atoms. The standard InChI is InChI=1S/C19H19N5O4S/c1-26-14-5-3-13(4-6-14)18-22-23-19(24(18)20)29-10-17(25)21-9-12-2-7-15-16(8-12)28-11-27-15/h2-8H,9-11,20H2,1H3,(H,21,25). The van der Waals surface area contributed by atoms with Gasteiger partial charge in [-0.2, -0.15) is 0 Å². The van der Waals surface area contributed by atoms with Crippen LogP contribution in [0.4, 0.5) is 0 Å². The first-order chi connectivity index (χ1) is 14.1. The minimum atomic E-state index is -0.137. The number of aromatic nitrogens is 3. The lowest BCUT2D eigenvalue weighted by Gasteiger charge is -2.07. The Hall–Kier alpha value is -3.40. The van der Waals surface area contributed by atoms with Crippen molar-refractivity contribution in [3.63, 3.8) is 0 Å². The third kappa shape index (κ3) is 4.21. The highest BCUT2D eigenvalue weighted by atomic mass is 32.2. The lowest BCUT2D eigenvalue weighted by atomic mass is 10.2. The first-order valence-corrected chi connectivity index (χ1v) is 9.75. The molecule has 150 valence electrons. The average molecular weight is 413 g/mol. The number of carbonyl (C=O) groups excluding carboxylic acids is 1. The molecular formula is C19H19N5O4S. The van der Waals surface area contributed by atoms with E-state index in [4.69, 9.17) is 20.1 Å². The molecular weight excluding hydrogens is 394 g/mol. The first-order valence-electron chi connectivity index (χ1n) is 8.77. The van der Waals surface area contributed by atoms with Crippen molar-refractivity contribution in [2.75, 3.05) is 25.5 Å². The minimum absolute atomic E-state index is 0.137. The predicted molar refractivity (Wildman–Crippen MR) is 107 cm³/mol. The summed E-state index contributed by atoms with van der Waals surface area (Å²) in [5.74, 6) is 8.78. The highest BCUT2D eigenvalue weighted by molar-refractivity contribution is 7.99. The molecule has 4 rings (SSSR count). The van der Waals surface area contributed by atoms with Gasteiger partial charge in [-0.05, 0) is 42.0 Å². The van der Waals surface area contributed by atoms with Crippen molar-refractivity contribution >= 4 is 17.7 Å². The van der Waals surface area contributed by atoms with E-state index in [2.05, 4.69) is 15.5 Å². The fourth-order valence-corrected chi connectivity index (χ4v) is 3.43. The third-order valence-corrected chi connectivity index (χ3v) is 5.21. The molecule has 2 heterocycles. The van der Waals surface area contributed by atoms with Crippen LogP contribution in [0.3, 0.4) is 0 Å². The molecule has 3 aromatic rings. The molecule has 0 aliphatic carbocycles. The van der Waals surface area contributed by atoms with Crippen LogP contribution in [0.1, 0.15) is 5.56 Å². The van der Waals surface area contributed by atoms with Crippen molar-refractivity contribution < 1.29 is 19.0 Å². The van der Waals surface area contributed by atoms with Crippen LogP contribution in [0.15, 0.2) is 47.6 Å². The van der Waals surface area contributed by atoms with Gasteiger partial charge in [0.05, 0.1) is 12.9 Å². The molecule has 1 amide bonds. The van der Waals surface area contributed by atoms with Gasteiger partial charge in [-0.3, -0.25) is 4.79 Å². The molecule has 0 unspecified atom stereocenters. The fourth-order valence-electron chi connectivity index (χ4n) is 2.75. The van der Waals surface area contributed by atoms with Crippen molar-refractivity contribution in [2.45, 2.75) is 11.7 Å². The second-order valence-electron chi connectivity index (χ2n) is 6.16. The number of carbonyl (C=O) groups is 1. The Labute approximate surface area is 171 Å². The number of hydrogen-bond donors (Lipinski definition) is 2. The van der Waals surface area contributed by atoms with E-state index < -0.39 is 0 Å². The van der Waals surface area contributed by atoms with Gasteiger partial charge in [0.25, 0.3) is 0 Å². The Morgan fingerprint density at radius 1 is 1.21 bits per heavy atom. The summed E-state index contributed by atoms with van der Waals surface area (Å²) >= 11 is 1.22. The van der Waals surface area contributed by atoms with Crippen molar-refractivity contribution in [2.24, 2.45) is 0 Å². The van der Waals surface area contributed by atoms with Crippen molar-refractivity contribution in [1.82, 2.24) is 20.2 Å². The van der Waals surface area contributed by atoms with Gasteiger partial charge in [0.15, 0.2) is 17.3 Å². The van der Waals surface area contributed by atoms with Crippen LogP contribution in [-0.2, 0) is 11.3 Å². The largest absolute Gasteiger partial charge is 0.497 e. The van der Waals surface area contributed by atoms with Gasteiger partial charge in [-0.1, -0.05) is 17.8 Å². The number of rotatable bonds is 7. The van der Waals surface area contributed by atoms with Crippen molar-refractivity contribution in [3.05, 3.63) is 48.0 Å². The summed E-state index contributed by atoms with van der Waals surface area (Å²) in [4.78, 5) is 12.2. The van der Waals surface area contributed by atoms with Crippen molar-refractivity contribution in [1.29, 1.82) is 0 Å². The molecule has 0 fully saturated rings. The number of nitrogens with two attached hydrogens (primary N) is 1. The predicted octanol–water partition coefficient (Wildman–Crippen LogP) is 1.80.